The maximum atomic E-state index is 12.4. The first-order chi connectivity index (χ1) is 14.0. The van der Waals surface area contributed by atoms with Crippen molar-refractivity contribution in [3.05, 3.63) is 70.6 Å². The third kappa shape index (κ3) is 5.28. The van der Waals surface area contributed by atoms with E-state index >= 15 is 0 Å². The van der Waals surface area contributed by atoms with Crippen LogP contribution in [0.4, 0.5) is 5.13 Å². The molecule has 1 atom stereocenters. The highest BCUT2D eigenvalue weighted by atomic mass is 32.1. The molecule has 29 heavy (non-hydrogen) atoms. The van der Waals surface area contributed by atoms with Gasteiger partial charge in [0.1, 0.15) is 0 Å². The predicted octanol–water partition coefficient (Wildman–Crippen LogP) is 4.05. The number of nitrogens with zero attached hydrogens (tertiary/aromatic N) is 1. The predicted molar refractivity (Wildman–Crippen MR) is 113 cm³/mol. The molecule has 0 unspecified atom stereocenters. The molecule has 3 aromatic rings. The summed E-state index contributed by atoms with van der Waals surface area (Å²) < 4.78 is 5.22. The van der Waals surface area contributed by atoms with Crippen LogP contribution in [0.1, 0.15) is 35.3 Å². The molecule has 0 aliphatic rings. The van der Waals surface area contributed by atoms with Crippen molar-refractivity contribution in [3.8, 4) is 11.3 Å². The lowest BCUT2D eigenvalue weighted by molar-refractivity contribution is -0.123. The monoisotopic (exact) mass is 410 g/mol. The van der Waals surface area contributed by atoms with Crippen LogP contribution in [0.15, 0.2) is 53.9 Å². The van der Waals surface area contributed by atoms with Gasteiger partial charge in [-0.1, -0.05) is 43.3 Å². The number of benzene rings is 2. The van der Waals surface area contributed by atoms with Gasteiger partial charge in [-0.15, -0.1) is 11.3 Å². The SMILES string of the molecule is CCc1ccc(-c2csc(NC(=O)[C@@H](C)OC(=O)c3ccc(CO)cc3)n2)cc1. The minimum absolute atomic E-state index is 0.104. The fraction of sp³-hybridized carbons (Fsp3) is 0.227. The van der Waals surface area contributed by atoms with E-state index in [2.05, 4.69) is 29.4 Å². The number of rotatable bonds is 7. The number of aromatic nitrogens is 1. The van der Waals surface area contributed by atoms with Gasteiger partial charge in [0.2, 0.25) is 0 Å². The summed E-state index contributed by atoms with van der Waals surface area (Å²) >= 11 is 1.31. The van der Waals surface area contributed by atoms with Crippen molar-refractivity contribution in [3.63, 3.8) is 0 Å². The zero-order valence-corrected chi connectivity index (χ0v) is 17.0. The molecule has 0 spiro atoms. The van der Waals surface area contributed by atoms with Gasteiger partial charge in [-0.2, -0.15) is 0 Å². The number of anilines is 1. The van der Waals surface area contributed by atoms with Crippen LogP contribution in [0.5, 0.6) is 0 Å². The Labute approximate surface area is 173 Å². The van der Waals surface area contributed by atoms with Crippen molar-refractivity contribution in [2.24, 2.45) is 0 Å². The second kappa shape index (κ2) is 9.45. The van der Waals surface area contributed by atoms with Crippen LogP contribution in [0, 0.1) is 0 Å². The molecule has 0 radical (unpaired) electrons. The fourth-order valence-electron chi connectivity index (χ4n) is 2.61. The molecule has 6 nitrogen and oxygen atoms in total. The largest absolute Gasteiger partial charge is 0.449 e. The van der Waals surface area contributed by atoms with Crippen molar-refractivity contribution < 1.29 is 19.4 Å². The minimum atomic E-state index is -0.976. The van der Waals surface area contributed by atoms with Gasteiger partial charge in [-0.05, 0) is 36.6 Å². The number of hydrogen-bond acceptors (Lipinski definition) is 6. The topological polar surface area (TPSA) is 88.5 Å². The maximum Gasteiger partial charge on any atom is 0.338 e. The smallest absolute Gasteiger partial charge is 0.338 e. The van der Waals surface area contributed by atoms with E-state index in [9.17, 15) is 9.59 Å². The second-order valence-corrected chi connectivity index (χ2v) is 7.34. The highest BCUT2D eigenvalue weighted by Gasteiger charge is 2.20. The zero-order chi connectivity index (χ0) is 20.8. The third-order valence-electron chi connectivity index (χ3n) is 4.42. The van der Waals surface area contributed by atoms with Crippen LogP contribution < -0.4 is 5.32 Å². The molecule has 150 valence electrons. The average Bonchev–Trinajstić information content (AvgIpc) is 3.22. The summed E-state index contributed by atoms with van der Waals surface area (Å²) in [6, 6.07) is 14.5. The van der Waals surface area contributed by atoms with E-state index in [4.69, 9.17) is 9.84 Å². The van der Waals surface area contributed by atoms with Crippen molar-refractivity contribution >= 4 is 28.3 Å². The van der Waals surface area contributed by atoms with Gasteiger partial charge < -0.3 is 9.84 Å². The van der Waals surface area contributed by atoms with Gasteiger partial charge in [0, 0.05) is 10.9 Å². The fourth-order valence-corrected chi connectivity index (χ4v) is 3.33. The number of esters is 1. The van der Waals surface area contributed by atoms with Gasteiger partial charge in [0.25, 0.3) is 5.91 Å². The van der Waals surface area contributed by atoms with E-state index in [-0.39, 0.29) is 6.61 Å². The van der Waals surface area contributed by atoms with Crippen LogP contribution in [-0.2, 0) is 22.6 Å². The first-order valence-corrected chi connectivity index (χ1v) is 10.1. The molecular weight excluding hydrogens is 388 g/mol. The van der Waals surface area contributed by atoms with E-state index in [1.54, 1.807) is 24.3 Å². The Kier molecular flexibility index (Phi) is 6.74. The van der Waals surface area contributed by atoms with Crippen molar-refractivity contribution in [1.82, 2.24) is 4.98 Å². The molecular formula is C22H22N2O4S. The quantitative estimate of drug-likeness (QED) is 0.574. The molecule has 0 saturated heterocycles. The van der Waals surface area contributed by atoms with Gasteiger partial charge in [0.15, 0.2) is 11.2 Å². The minimum Gasteiger partial charge on any atom is -0.449 e. The number of ether oxygens (including phenoxy) is 1. The summed E-state index contributed by atoms with van der Waals surface area (Å²) in [5.41, 5.74) is 4.01. The summed E-state index contributed by atoms with van der Waals surface area (Å²) in [7, 11) is 0. The second-order valence-electron chi connectivity index (χ2n) is 6.48. The summed E-state index contributed by atoms with van der Waals surface area (Å²) in [6.45, 7) is 3.50. The molecule has 1 heterocycles. The van der Waals surface area contributed by atoms with E-state index in [1.165, 1.54) is 23.8 Å². The number of carbonyl (C=O) groups is 2. The number of hydrogen-bond donors (Lipinski definition) is 2. The summed E-state index contributed by atoms with van der Waals surface area (Å²) in [6.07, 6.45) is -0.00268. The normalized spacial score (nSPS) is 11.7. The summed E-state index contributed by atoms with van der Waals surface area (Å²) in [4.78, 5) is 29.0. The van der Waals surface area contributed by atoms with Gasteiger partial charge in [0.05, 0.1) is 17.9 Å². The van der Waals surface area contributed by atoms with Crippen molar-refractivity contribution in [2.45, 2.75) is 33.0 Å². The highest BCUT2D eigenvalue weighted by molar-refractivity contribution is 7.14. The number of aryl methyl sites for hydroxylation is 1. The lowest BCUT2D eigenvalue weighted by atomic mass is 10.1. The number of amides is 1. The van der Waals surface area contributed by atoms with Crippen LogP contribution in [0.2, 0.25) is 0 Å². The van der Waals surface area contributed by atoms with Crippen LogP contribution in [0.25, 0.3) is 11.3 Å². The number of nitrogens with one attached hydrogen (secondary N) is 1. The molecule has 0 bridgehead atoms. The van der Waals surface area contributed by atoms with Gasteiger partial charge in [-0.25, -0.2) is 9.78 Å². The van der Waals surface area contributed by atoms with Gasteiger partial charge >= 0.3 is 5.97 Å². The van der Waals surface area contributed by atoms with E-state index in [0.717, 1.165) is 17.7 Å². The van der Waals surface area contributed by atoms with E-state index in [0.29, 0.717) is 16.3 Å². The molecule has 0 aliphatic carbocycles. The Morgan fingerprint density at radius 3 is 2.38 bits per heavy atom. The standard InChI is InChI=1S/C22H22N2O4S/c1-3-15-4-8-17(9-5-15)19-13-29-22(23-19)24-20(26)14(2)28-21(27)18-10-6-16(12-25)7-11-18/h4-11,13-14,25H,3,12H2,1-2H3,(H,23,24,26)/t14-/m1/s1. The number of carbonyl (C=O) groups excluding carboxylic acids is 2. The number of thiazole rings is 1. The Morgan fingerprint density at radius 2 is 1.76 bits per heavy atom. The summed E-state index contributed by atoms with van der Waals surface area (Å²) in [5.74, 6) is -1.06. The molecule has 2 aromatic carbocycles. The maximum absolute atomic E-state index is 12.4. The lowest BCUT2D eigenvalue weighted by Crippen LogP contribution is -2.30. The van der Waals surface area contributed by atoms with E-state index < -0.39 is 18.0 Å². The molecule has 0 saturated carbocycles. The van der Waals surface area contributed by atoms with Gasteiger partial charge in [-0.3, -0.25) is 10.1 Å². The molecule has 1 aromatic heterocycles. The number of aliphatic hydroxyl groups is 1. The van der Waals surface area contributed by atoms with Crippen LogP contribution >= 0.6 is 11.3 Å². The summed E-state index contributed by atoms with van der Waals surface area (Å²) in [5, 5.41) is 14.1. The Morgan fingerprint density at radius 1 is 1.10 bits per heavy atom. The van der Waals surface area contributed by atoms with Crippen molar-refractivity contribution in [2.75, 3.05) is 5.32 Å². The van der Waals surface area contributed by atoms with Crippen LogP contribution in [0.3, 0.4) is 0 Å². The molecule has 2 N–H and O–H groups in total. The van der Waals surface area contributed by atoms with E-state index in [1.807, 2.05) is 17.5 Å². The molecule has 0 fully saturated rings. The molecule has 7 heteroatoms. The number of aliphatic hydroxyl groups excluding tert-OH is 1. The Bertz CT molecular complexity index is 981. The zero-order valence-electron chi connectivity index (χ0n) is 16.2. The Hall–Kier alpha value is -3.03. The first kappa shape index (κ1) is 20.7. The molecule has 0 aliphatic heterocycles. The molecule has 3 rings (SSSR count). The first-order valence-electron chi connectivity index (χ1n) is 9.26. The highest BCUT2D eigenvalue weighted by Crippen LogP contribution is 2.25. The average molecular weight is 410 g/mol. The lowest BCUT2D eigenvalue weighted by Gasteiger charge is -2.12. The molecule has 1 amide bonds. The third-order valence-corrected chi connectivity index (χ3v) is 5.18. The van der Waals surface area contributed by atoms with Crippen molar-refractivity contribution in [1.29, 1.82) is 0 Å². The Balaban J connectivity index is 1.59. The van der Waals surface area contributed by atoms with Crippen LogP contribution in [-0.4, -0.2) is 28.1 Å².